The third-order valence-electron chi connectivity index (χ3n) is 6.14. The average molecular weight is 422 g/mol. The number of methoxy groups -OCH3 is 2. The lowest BCUT2D eigenvalue weighted by molar-refractivity contribution is -0.138. The molecule has 8 heteroatoms. The van der Waals surface area contributed by atoms with E-state index >= 15 is 0 Å². The highest BCUT2D eigenvalue weighted by atomic mass is 16.5. The minimum Gasteiger partial charge on any atom is -0.493 e. The largest absolute Gasteiger partial charge is 0.493 e. The van der Waals surface area contributed by atoms with E-state index in [9.17, 15) is 19.2 Å². The molecule has 1 unspecified atom stereocenters. The molecule has 4 rings (SSSR count). The smallest absolute Gasteiger partial charge is 0.266 e. The summed E-state index contributed by atoms with van der Waals surface area (Å²) in [4.78, 5) is 51.2. The van der Waals surface area contributed by atoms with Crippen molar-refractivity contribution in [2.75, 3.05) is 19.1 Å². The summed E-state index contributed by atoms with van der Waals surface area (Å²) >= 11 is 0. The molecule has 160 valence electrons. The van der Waals surface area contributed by atoms with E-state index in [0.717, 1.165) is 10.5 Å². The van der Waals surface area contributed by atoms with Gasteiger partial charge in [-0.25, -0.2) is 4.90 Å². The van der Waals surface area contributed by atoms with E-state index in [1.54, 1.807) is 24.3 Å². The van der Waals surface area contributed by atoms with Gasteiger partial charge in [0, 0.05) is 6.42 Å². The highest BCUT2D eigenvalue weighted by Crippen LogP contribution is 2.39. The Morgan fingerprint density at radius 3 is 1.94 bits per heavy atom. The first-order valence-electron chi connectivity index (χ1n) is 9.96. The minimum absolute atomic E-state index is 0.238. The first kappa shape index (κ1) is 20.6. The normalized spacial score (nSPS) is 20.5. The van der Waals surface area contributed by atoms with Crippen LogP contribution in [0.3, 0.4) is 0 Å². The number of rotatable bonds is 5. The first-order chi connectivity index (χ1) is 14.9. The molecular weight excluding hydrogens is 400 g/mol. The molecule has 2 aliphatic heterocycles. The van der Waals surface area contributed by atoms with Crippen LogP contribution in [0.2, 0.25) is 0 Å². The number of carbonyl (C=O) groups is 4. The highest BCUT2D eigenvalue weighted by molar-refractivity contribution is 6.34. The number of imide groups is 2. The number of hydrogen-bond donors (Lipinski definition) is 1. The maximum Gasteiger partial charge on any atom is 0.266 e. The van der Waals surface area contributed by atoms with Gasteiger partial charge in [0.2, 0.25) is 11.8 Å². The van der Waals surface area contributed by atoms with E-state index in [-0.39, 0.29) is 29.4 Å². The summed E-state index contributed by atoms with van der Waals surface area (Å²) in [6.45, 7) is 1.90. The van der Waals surface area contributed by atoms with Crippen molar-refractivity contribution in [1.29, 1.82) is 0 Å². The number of carbonyl (C=O) groups excluding carboxylic acids is 4. The molecule has 0 saturated carbocycles. The van der Waals surface area contributed by atoms with Gasteiger partial charge in [-0.2, -0.15) is 0 Å². The van der Waals surface area contributed by atoms with E-state index in [2.05, 4.69) is 5.32 Å². The highest BCUT2D eigenvalue weighted by Gasteiger charge is 2.43. The topological polar surface area (TPSA) is 102 Å². The van der Waals surface area contributed by atoms with Gasteiger partial charge in [-0.05, 0) is 42.7 Å². The summed E-state index contributed by atoms with van der Waals surface area (Å²) in [5, 5.41) is 2.42. The van der Waals surface area contributed by atoms with E-state index in [4.69, 9.17) is 9.47 Å². The van der Waals surface area contributed by atoms with Crippen molar-refractivity contribution in [2.24, 2.45) is 0 Å². The standard InChI is InChI=1S/C23H22N2O6/c1-4-23(10-9-19(26)24-22(23)29)13-5-7-14(8-6-13)25-20(27)15-11-17(30-2)18(31-3)12-16(15)21(25)28/h5-8,11-12H,4,9-10H2,1-3H3,(H,24,26,29). The molecule has 31 heavy (non-hydrogen) atoms. The Morgan fingerprint density at radius 1 is 0.935 bits per heavy atom. The van der Waals surface area contributed by atoms with Crippen LogP contribution in [0.25, 0.3) is 0 Å². The summed E-state index contributed by atoms with van der Waals surface area (Å²) in [5.41, 5.74) is 0.800. The van der Waals surface area contributed by atoms with Crippen molar-refractivity contribution in [3.8, 4) is 11.5 Å². The summed E-state index contributed by atoms with van der Waals surface area (Å²) < 4.78 is 10.5. The molecule has 1 N–H and O–H groups in total. The number of ether oxygens (including phenoxy) is 2. The number of anilines is 1. The molecule has 1 saturated heterocycles. The van der Waals surface area contributed by atoms with Gasteiger partial charge in [-0.15, -0.1) is 0 Å². The van der Waals surface area contributed by atoms with E-state index in [0.29, 0.717) is 30.0 Å². The summed E-state index contributed by atoms with van der Waals surface area (Å²) in [6, 6.07) is 9.76. The van der Waals surface area contributed by atoms with Gasteiger partial charge in [0.25, 0.3) is 11.8 Å². The van der Waals surface area contributed by atoms with E-state index in [1.165, 1.54) is 26.4 Å². The van der Waals surface area contributed by atoms with Crippen molar-refractivity contribution in [1.82, 2.24) is 5.32 Å². The molecular formula is C23H22N2O6. The second-order valence-electron chi connectivity index (χ2n) is 7.56. The van der Waals surface area contributed by atoms with Crippen molar-refractivity contribution in [3.63, 3.8) is 0 Å². The Labute approximate surface area is 179 Å². The quantitative estimate of drug-likeness (QED) is 0.743. The Bertz CT molecular complexity index is 1060. The van der Waals surface area contributed by atoms with Crippen LogP contribution < -0.4 is 19.7 Å². The predicted molar refractivity (Wildman–Crippen MR) is 111 cm³/mol. The van der Waals surface area contributed by atoms with E-state index in [1.807, 2.05) is 6.92 Å². The molecule has 0 aromatic heterocycles. The SMILES string of the molecule is CCC1(c2ccc(N3C(=O)c4cc(OC)c(OC)cc4C3=O)cc2)CCC(=O)NC1=O. The molecule has 1 fully saturated rings. The van der Waals surface area contributed by atoms with Crippen LogP contribution >= 0.6 is 0 Å². The molecule has 0 spiro atoms. The molecule has 2 aliphatic rings. The lowest BCUT2D eigenvalue weighted by Crippen LogP contribution is -2.51. The molecule has 2 heterocycles. The lowest BCUT2D eigenvalue weighted by Gasteiger charge is -2.35. The predicted octanol–water partition coefficient (Wildman–Crippen LogP) is 2.59. The average Bonchev–Trinajstić information content (AvgIpc) is 3.02. The maximum atomic E-state index is 13.0. The third kappa shape index (κ3) is 3.06. The Hall–Kier alpha value is -3.68. The molecule has 4 amide bonds. The Kier molecular flexibility index (Phi) is 5.00. The number of piperidine rings is 1. The number of benzene rings is 2. The van der Waals surface area contributed by atoms with Crippen LogP contribution in [0.1, 0.15) is 52.5 Å². The fourth-order valence-corrected chi connectivity index (χ4v) is 4.30. The van der Waals surface area contributed by atoms with Gasteiger partial charge in [0.15, 0.2) is 11.5 Å². The summed E-state index contributed by atoms with van der Waals surface area (Å²) in [5.74, 6) is -0.786. The summed E-state index contributed by atoms with van der Waals surface area (Å²) in [6.07, 6.45) is 1.21. The van der Waals surface area contributed by atoms with Crippen LogP contribution in [-0.2, 0) is 15.0 Å². The zero-order chi connectivity index (χ0) is 22.3. The van der Waals surface area contributed by atoms with Gasteiger partial charge in [-0.3, -0.25) is 24.5 Å². The molecule has 2 aromatic carbocycles. The minimum atomic E-state index is -0.810. The molecule has 0 radical (unpaired) electrons. The van der Waals surface area contributed by atoms with Crippen molar-refractivity contribution in [3.05, 3.63) is 53.1 Å². The van der Waals surface area contributed by atoms with Gasteiger partial charge < -0.3 is 9.47 Å². The monoisotopic (exact) mass is 422 g/mol. The molecule has 0 aliphatic carbocycles. The number of fused-ring (bicyclic) bond motifs is 1. The molecule has 2 aromatic rings. The van der Waals surface area contributed by atoms with Crippen molar-refractivity contribution < 1.29 is 28.7 Å². The fraction of sp³-hybridized carbons (Fsp3) is 0.304. The van der Waals surface area contributed by atoms with Crippen LogP contribution in [0, 0.1) is 0 Å². The van der Waals surface area contributed by atoms with Gasteiger partial charge >= 0.3 is 0 Å². The van der Waals surface area contributed by atoms with Crippen LogP contribution in [0.4, 0.5) is 5.69 Å². The molecule has 1 atom stereocenters. The number of nitrogens with one attached hydrogen (secondary N) is 1. The van der Waals surface area contributed by atoms with Gasteiger partial charge in [0.1, 0.15) is 0 Å². The van der Waals surface area contributed by atoms with Crippen molar-refractivity contribution in [2.45, 2.75) is 31.6 Å². The first-order valence-corrected chi connectivity index (χ1v) is 9.96. The van der Waals surface area contributed by atoms with Crippen LogP contribution in [-0.4, -0.2) is 37.8 Å². The zero-order valence-corrected chi connectivity index (χ0v) is 17.5. The number of amides is 4. The Balaban J connectivity index is 1.68. The molecule has 0 bridgehead atoms. The third-order valence-corrected chi connectivity index (χ3v) is 6.14. The van der Waals surface area contributed by atoms with Crippen molar-refractivity contribution >= 4 is 29.3 Å². The van der Waals surface area contributed by atoms with Crippen LogP contribution in [0.15, 0.2) is 36.4 Å². The number of hydrogen-bond acceptors (Lipinski definition) is 6. The zero-order valence-electron chi connectivity index (χ0n) is 17.5. The lowest BCUT2D eigenvalue weighted by atomic mass is 9.72. The fourth-order valence-electron chi connectivity index (χ4n) is 4.30. The van der Waals surface area contributed by atoms with E-state index < -0.39 is 17.2 Å². The van der Waals surface area contributed by atoms with Crippen LogP contribution in [0.5, 0.6) is 11.5 Å². The summed E-state index contributed by atoms with van der Waals surface area (Å²) in [7, 11) is 2.92. The maximum absolute atomic E-state index is 13.0. The van der Waals surface area contributed by atoms with Gasteiger partial charge in [-0.1, -0.05) is 19.1 Å². The second-order valence-corrected chi connectivity index (χ2v) is 7.56. The van der Waals surface area contributed by atoms with Gasteiger partial charge in [0.05, 0.1) is 36.4 Å². The Morgan fingerprint density at radius 2 is 1.48 bits per heavy atom. The molecule has 8 nitrogen and oxygen atoms in total. The second kappa shape index (κ2) is 7.54. The number of nitrogens with zero attached hydrogens (tertiary/aromatic N) is 1.